The normalized spacial score (nSPS) is 11.6. The summed E-state index contributed by atoms with van der Waals surface area (Å²) < 4.78 is 23.9. The molecular formula is C18H17ClFNO4. The number of benzene rings is 2. The molecule has 2 rings (SSSR count). The van der Waals surface area contributed by atoms with Crippen molar-refractivity contribution in [3.8, 4) is 11.5 Å². The summed E-state index contributed by atoms with van der Waals surface area (Å²) in [4.78, 5) is 24.0. The van der Waals surface area contributed by atoms with Crippen LogP contribution in [0, 0.1) is 5.82 Å². The summed E-state index contributed by atoms with van der Waals surface area (Å²) in [6, 6.07) is 8.58. The molecule has 0 spiro atoms. The molecule has 2 aromatic rings. The Balaban J connectivity index is 2.15. The summed E-state index contributed by atoms with van der Waals surface area (Å²) in [7, 11) is 1.49. The van der Waals surface area contributed by atoms with Crippen LogP contribution in [0.25, 0.3) is 0 Å². The topological polar surface area (TPSA) is 64.6 Å². The van der Waals surface area contributed by atoms with E-state index < -0.39 is 17.8 Å². The summed E-state index contributed by atoms with van der Waals surface area (Å²) >= 11 is 5.69. The maximum absolute atomic E-state index is 13.2. The number of ketones is 1. The average Bonchev–Trinajstić information content (AvgIpc) is 2.57. The first-order valence-corrected chi connectivity index (χ1v) is 7.81. The third-order valence-corrected chi connectivity index (χ3v) is 3.72. The lowest BCUT2D eigenvalue weighted by Gasteiger charge is -2.17. The van der Waals surface area contributed by atoms with Gasteiger partial charge in [0.1, 0.15) is 17.3 Å². The molecular weight excluding hydrogens is 349 g/mol. The van der Waals surface area contributed by atoms with Crippen molar-refractivity contribution in [3.63, 3.8) is 0 Å². The molecule has 0 bridgehead atoms. The highest BCUT2D eigenvalue weighted by molar-refractivity contribution is 6.31. The molecule has 0 heterocycles. The molecule has 2 aromatic carbocycles. The fourth-order valence-corrected chi connectivity index (χ4v) is 2.26. The second kappa shape index (κ2) is 7.98. The summed E-state index contributed by atoms with van der Waals surface area (Å²) in [6.07, 6.45) is -0.908. The largest absolute Gasteiger partial charge is 0.497 e. The van der Waals surface area contributed by atoms with Crippen molar-refractivity contribution in [2.24, 2.45) is 0 Å². The van der Waals surface area contributed by atoms with Gasteiger partial charge in [0.05, 0.1) is 17.7 Å². The number of hydrogen-bond acceptors (Lipinski definition) is 4. The van der Waals surface area contributed by atoms with E-state index in [9.17, 15) is 14.0 Å². The van der Waals surface area contributed by atoms with Crippen LogP contribution in [0.2, 0.25) is 5.02 Å². The molecule has 0 fully saturated rings. The molecule has 0 aliphatic carbocycles. The predicted molar refractivity (Wildman–Crippen MR) is 93.1 cm³/mol. The number of nitrogens with one attached hydrogen (secondary N) is 1. The highest BCUT2D eigenvalue weighted by Crippen LogP contribution is 2.26. The smallest absolute Gasteiger partial charge is 0.265 e. The van der Waals surface area contributed by atoms with Crippen molar-refractivity contribution in [3.05, 3.63) is 52.8 Å². The number of methoxy groups -OCH3 is 1. The third kappa shape index (κ3) is 4.70. The number of carbonyl (C=O) groups is 2. The van der Waals surface area contributed by atoms with Crippen LogP contribution in [-0.4, -0.2) is 24.9 Å². The van der Waals surface area contributed by atoms with Crippen LogP contribution in [0.1, 0.15) is 24.2 Å². The lowest BCUT2D eigenvalue weighted by atomic mass is 10.1. The summed E-state index contributed by atoms with van der Waals surface area (Å²) in [5.41, 5.74) is 0.676. The number of anilines is 1. The minimum Gasteiger partial charge on any atom is -0.497 e. The highest BCUT2D eigenvalue weighted by Gasteiger charge is 2.19. The van der Waals surface area contributed by atoms with Gasteiger partial charge in [-0.05, 0) is 44.2 Å². The van der Waals surface area contributed by atoms with Gasteiger partial charge in [0.2, 0.25) is 0 Å². The minimum absolute atomic E-state index is 0.0990. The number of rotatable bonds is 6. The van der Waals surface area contributed by atoms with E-state index in [0.717, 1.165) is 6.07 Å². The van der Waals surface area contributed by atoms with Gasteiger partial charge in [0.25, 0.3) is 5.91 Å². The van der Waals surface area contributed by atoms with Crippen molar-refractivity contribution in [2.75, 3.05) is 12.4 Å². The van der Waals surface area contributed by atoms with Gasteiger partial charge in [-0.25, -0.2) is 4.39 Å². The number of hydrogen-bond donors (Lipinski definition) is 1. The zero-order valence-corrected chi connectivity index (χ0v) is 14.7. The fraction of sp³-hybridized carbons (Fsp3) is 0.222. The molecule has 0 saturated heterocycles. The maximum atomic E-state index is 13.2. The van der Waals surface area contributed by atoms with Gasteiger partial charge in [0, 0.05) is 11.8 Å². The summed E-state index contributed by atoms with van der Waals surface area (Å²) in [6.45, 7) is 2.93. The highest BCUT2D eigenvalue weighted by atomic mass is 35.5. The van der Waals surface area contributed by atoms with Gasteiger partial charge in [-0.1, -0.05) is 11.6 Å². The molecule has 0 aliphatic rings. The average molecular weight is 366 g/mol. The van der Waals surface area contributed by atoms with Gasteiger partial charge >= 0.3 is 0 Å². The third-order valence-electron chi connectivity index (χ3n) is 3.43. The van der Waals surface area contributed by atoms with E-state index >= 15 is 0 Å². The summed E-state index contributed by atoms with van der Waals surface area (Å²) in [5.74, 6) is -0.508. The van der Waals surface area contributed by atoms with Crippen molar-refractivity contribution >= 4 is 29.0 Å². The quantitative estimate of drug-likeness (QED) is 0.783. The van der Waals surface area contributed by atoms with Crippen molar-refractivity contribution in [1.82, 2.24) is 0 Å². The van der Waals surface area contributed by atoms with E-state index in [4.69, 9.17) is 21.1 Å². The van der Waals surface area contributed by atoms with Gasteiger partial charge in [-0.3, -0.25) is 9.59 Å². The SMILES string of the molecule is COc1ccc(C(C)=O)c(O[C@@H](C)C(=O)Nc2ccc(F)c(Cl)c2)c1. The Kier molecular flexibility index (Phi) is 5.98. The summed E-state index contributed by atoms with van der Waals surface area (Å²) in [5, 5.41) is 2.48. The number of carbonyl (C=O) groups excluding carboxylic acids is 2. The van der Waals surface area contributed by atoms with Crippen molar-refractivity contribution in [1.29, 1.82) is 0 Å². The zero-order valence-electron chi connectivity index (χ0n) is 13.9. The molecule has 7 heteroatoms. The first kappa shape index (κ1) is 18.7. The van der Waals surface area contributed by atoms with Crippen LogP contribution in [0.4, 0.5) is 10.1 Å². The molecule has 1 amide bonds. The lowest BCUT2D eigenvalue weighted by molar-refractivity contribution is -0.122. The molecule has 25 heavy (non-hydrogen) atoms. The number of halogens is 2. The monoisotopic (exact) mass is 365 g/mol. The van der Waals surface area contributed by atoms with E-state index in [1.54, 1.807) is 12.1 Å². The second-order valence-electron chi connectivity index (χ2n) is 5.30. The number of amides is 1. The molecule has 0 radical (unpaired) electrons. The fourth-order valence-electron chi connectivity index (χ4n) is 2.08. The van der Waals surface area contributed by atoms with Gasteiger partial charge < -0.3 is 14.8 Å². The minimum atomic E-state index is -0.908. The Hall–Kier alpha value is -2.60. The Morgan fingerprint density at radius 1 is 1.20 bits per heavy atom. The second-order valence-corrected chi connectivity index (χ2v) is 5.70. The van der Waals surface area contributed by atoms with Crippen LogP contribution in [-0.2, 0) is 4.79 Å². The predicted octanol–water partition coefficient (Wildman–Crippen LogP) is 4.10. The van der Waals surface area contributed by atoms with E-state index in [2.05, 4.69) is 5.32 Å². The molecule has 1 atom stereocenters. The number of ether oxygens (including phenoxy) is 2. The van der Waals surface area contributed by atoms with E-state index in [1.165, 1.54) is 39.2 Å². The van der Waals surface area contributed by atoms with Gasteiger partial charge in [-0.15, -0.1) is 0 Å². The van der Waals surface area contributed by atoms with Gasteiger partial charge in [-0.2, -0.15) is 0 Å². The zero-order chi connectivity index (χ0) is 18.6. The lowest BCUT2D eigenvalue weighted by Crippen LogP contribution is -2.30. The molecule has 0 aliphatic heterocycles. The van der Waals surface area contributed by atoms with Crippen LogP contribution in [0.3, 0.4) is 0 Å². The molecule has 5 nitrogen and oxygen atoms in total. The van der Waals surface area contributed by atoms with Crippen LogP contribution in [0.15, 0.2) is 36.4 Å². The number of Topliss-reactive ketones (excluding diaryl/α,β-unsaturated/α-hetero) is 1. The van der Waals surface area contributed by atoms with Crippen LogP contribution < -0.4 is 14.8 Å². The van der Waals surface area contributed by atoms with E-state index in [-0.39, 0.29) is 16.6 Å². The van der Waals surface area contributed by atoms with Crippen molar-refractivity contribution in [2.45, 2.75) is 20.0 Å². The molecule has 0 saturated carbocycles. The Morgan fingerprint density at radius 2 is 1.92 bits per heavy atom. The standard InChI is InChI=1S/C18H17ClFNO4/c1-10(22)14-6-5-13(24-3)9-17(14)25-11(2)18(23)21-12-4-7-16(20)15(19)8-12/h4-9,11H,1-3H3,(H,21,23)/t11-/m0/s1. The Morgan fingerprint density at radius 3 is 2.52 bits per heavy atom. The maximum Gasteiger partial charge on any atom is 0.265 e. The van der Waals surface area contributed by atoms with E-state index in [1.807, 2.05) is 0 Å². The van der Waals surface area contributed by atoms with Gasteiger partial charge in [0.15, 0.2) is 11.9 Å². The Bertz CT molecular complexity index is 810. The van der Waals surface area contributed by atoms with Crippen LogP contribution >= 0.6 is 11.6 Å². The molecule has 1 N–H and O–H groups in total. The molecule has 0 unspecified atom stereocenters. The molecule has 132 valence electrons. The van der Waals surface area contributed by atoms with Crippen molar-refractivity contribution < 1.29 is 23.5 Å². The van der Waals surface area contributed by atoms with Crippen LogP contribution in [0.5, 0.6) is 11.5 Å². The van der Waals surface area contributed by atoms with E-state index in [0.29, 0.717) is 17.0 Å². The first-order valence-electron chi connectivity index (χ1n) is 7.43. The first-order chi connectivity index (χ1) is 11.8. The Labute approximate surface area is 149 Å². The molecule has 0 aromatic heterocycles.